The number of nitrogens with one attached hydrogen (secondary N) is 1. The maximum absolute atomic E-state index is 12.9. The third kappa shape index (κ3) is 2.91. The minimum Gasteiger partial charge on any atom is -0.341 e. The van der Waals surface area contributed by atoms with E-state index in [1.807, 2.05) is 17.0 Å². The van der Waals surface area contributed by atoms with Gasteiger partial charge >= 0.3 is 0 Å². The lowest BCUT2D eigenvalue weighted by Crippen LogP contribution is -2.49. The highest BCUT2D eigenvalue weighted by molar-refractivity contribution is 8.00. The van der Waals surface area contributed by atoms with Gasteiger partial charge in [0.2, 0.25) is 5.91 Å². The van der Waals surface area contributed by atoms with E-state index in [2.05, 4.69) is 29.6 Å². The zero-order chi connectivity index (χ0) is 16.5. The summed E-state index contributed by atoms with van der Waals surface area (Å²) in [5, 5.41) is 2.99. The first-order chi connectivity index (χ1) is 11.7. The van der Waals surface area contributed by atoms with E-state index in [0.29, 0.717) is 12.3 Å². The highest BCUT2D eigenvalue weighted by Gasteiger charge is 2.41. The van der Waals surface area contributed by atoms with Crippen molar-refractivity contribution >= 4 is 29.5 Å². The van der Waals surface area contributed by atoms with Crippen LogP contribution in [0.1, 0.15) is 36.3 Å². The maximum atomic E-state index is 12.9. The molecule has 2 fully saturated rings. The number of hydrogen-bond acceptors (Lipinski definition) is 4. The van der Waals surface area contributed by atoms with Crippen LogP contribution in [-0.2, 0) is 9.59 Å². The zero-order valence-electron chi connectivity index (χ0n) is 13.6. The van der Waals surface area contributed by atoms with Gasteiger partial charge in [0.05, 0.1) is 5.25 Å². The fourth-order valence-corrected chi connectivity index (χ4v) is 5.04. The van der Waals surface area contributed by atoms with Crippen molar-refractivity contribution in [2.75, 3.05) is 19.0 Å². The van der Waals surface area contributed by atoms with Gasteiger partial charge in [-0.05, 0) is 24.0 Å². The standard InChI is InChI=1S/C19H22N2O2S/c22-16(11-14-8-7-13-5-1-2-6-15(13)14)18-17(20-12-24-18)19(23)21-9-3-4-10-21/h1-2,5-8,14,17-18,20H,3-4,9-12H2/t14?,17-,18?/m0/s1. The second-order valence-corrected chi connectivity index (χ2v) is 7.84. The van der Waals surface area contributed by atoms with Crippen molar-refractivity contribution in [3.63, 3.8) is 0 Å². The molecule has 5 heteroatoms. The number of rotatable bonds is 4. The Bertz CT molecular complexity index is 682. The summed E-state index contributed by atoms with van der Waals surface area (Å²) in [6.45, 7) is 1.67. The van der Waals surface area contributed by atoms with Gasteiger partial charge in [-0.25, -0.2) is 0 Å². The SMILES string of the molecule is O=C(CC1C=Cc2ccccc21)C1SCN[C@@H]1C(=O)N1CCCC1. The van der Waals surface area contributed by atoms with E-state index < -0.39 is 0 Å². The molecule has 0 bridgehead atoms. The molecule has 0 saturated carbocycles. The molecule has 4 rings (SSSR count). The predicted octanol–water partition coefficient (Wildman–Crippen LogP) is 2.41. The van der Waals surface area contributed by atoms with E-state index in [9.17, 15) is 9.59 Å². The molecular weight excluding hydrogens is 320 g/mol. The molecule has 0 spiro atoms. The lowest BCUT2D eigenvalue weighted by molar-refractivity contribution is -0.134. The van der Waals surface area contributed by atoms with Crippen molar-refractivity contribution in [1.82, 2.24) is 10.2 Å². The summed E-state index contributed by atoms with van der Waals surface area (Å²) in [4.78, 5) is 27.5. The van der Waals surface area contributed by atoms with Crippen molar-refractivity contribution in [2.24, 2.45) is 0 Å². The Morgan fingerprint density at radius 1 is 1.21 bits per heavy atom. The summed E-state index contributed by atoms with van der Waals surface area (Å²) in [6, 6.07) is 7.88. The number of nitrogens with zero attached hydrogens (tertiary/aromatic N) is 1. The maximum Gasteiger partial charge on any atom is 0.241 e. The molecule has 1 aliphatic carbocycles. The molecule has 1 N–H and O–H groups in total. The normalized spacial score (nSPS) is 28.3. The van der Waals surface area contributed by atoms with Crippen molar-refractivity contribution in [1.29, 1.82) is 0 Å². The highest BCUT2D eigenvalue weighted by Crippen LogP contribution is 2.35. The van der Waals surface area contributed by atoms with Gasteiger partial charge in [0.1, 0.15) is 11.8 Å². The Balaban J connectivity index is 1.44. The van der Waals surface area contributed by atoms with Gasteiger partial charge in [-0.2, -0.15) is 0 Å². The van der Waals surface area contributed by atoms with Crippen LogP contribution in [0.4, 0.5) is 0 Å². The van der Waals surface area contributed by atoms with Crippen LogP contribution in [0.25, 0.3) is 6.08 Å². The van der Waals surface area contributed by atoms with E-state index in [0.717, 1.165) is 25.9 Å². The van der Waals surface area contributed by atoms with Gasteiger partial charge in [0.25, 0.3) is 0 Å². The van der Waals surface area contributed by atoms with Crippen molar-refractivity contribution in [3.05, 3.63) is 41.5 Å². The third-order valence-electron chi connectivity index (χ3n) is 5.19. The van der Waals surface area contributed by atoms with E-state index >= 15 is 0 Å². The summed E-state index contributed by atoms with van der Waals surface area (Å²) < 4.78 is 0. The first-order valence-electron chi connectivity index (χ1n) is 8.67. The lowest BCUT2D eigenvalue weighted by Gasteiger charge is -2.24. The van der Waals surface area contributed by atoms with Crippen LogP contribution in [0.15, 0.2) is 30.3 Å². The molecule has 24 heavy (non-hydrogen) atoms. The molecule has 2 heterocycles. The summed E-state index contributed by atoms with van der Waals surface area (Å²) in [7, 11) is 0. The number of fused-ring (bicyclic) bond motifs is 1. The smallest absolute Gasteiger partial charge is 0.241 e. The first-order valence-corrected chi connectivity index (χ1v) is 9.72. The number of thioether (sulfide) groups is 1. The number of Topliss-reactive ketones (excluding diaryl/α,β-unsaturated/α-hetero) is 1. The van der Waals surface area contributed by atoms with Crippen LogP contribution < -0.4 is 5.32 Å². The fourth-order valence-electron chi connectivity index (χ4n) is 3.90. The van der Waals surface area contributed by atoms with Crippen LogP contribution >= 0.6 is 11.8 Å². The monoisotopic (exact) mass is 342 g/mol. The van der Waals surface area contributed by atoms with Gasteiger partial charge in [0.15, 0.2) is 0 Å². The Morgan fingerprint density at radius 3 is 2.83 bits per heavy atom. The topological polar surface area (TPSA) is 49.4 Å². The number of amides is 1. The van der Waals surface area contributed by atoms with Gasteiger partial charge in [0, 0.05) is 31.3 Å². The minimum atomic E-state index is -0.346. The summed E-state index contributed by atoms with van der Waals surface area (Å²) >= 11 is 1.58. The highest BCUT2D eigenvalue weighted by atomic mass is 32.2. The Kier molecular flexibility index (Phi) is 4.46. The predicted molar refractivity (Wildman–Crippen MR) is 96.8 cm³/mol. The van der Waals surface area contributed by atoms with Gasteiger partial charge < -0.3 is 4.90 Å². The molecular formula is C19H22N2O2S. The molecule has 3 atom stereocenters. The van der Waals surface area contributed by atoms with Crippen molar-refractivity contribution in [3.8, 4) is 0 Å². The molecule has 4 nitrogen and oxygen atoms in total. The van der Waals surface area contributed by atoms with E-state index in [-0.39, 0.29) is 28.9 Å². The fraction of sp³-hybridized carbons (Fsp3) is 0.474. The number of carbonyl (C=O) groups excluding carboxylic acids is 2. The van der Waals surface area contributed by atoms with Crippen LogP contribution in [0.2, 0.25) is 0 Å². The molecule has 2 unspecified atom stereocenters. The third-order valence-corrected chi connectivity index (χ3v) is 6.42. The van der Waals surface area contributed by atoms with Crippen LogP contribution in [0.5, 0.6) is 0 Å². The van der Waals surface area contributed by atoms with Crippen molar-refractivity contribution in [2.45, 2.75) is 36.5 Å². The molecule has 3 aliphatic rings. The van der Waals surface area contributed by atoms with Gasteiger partial charge in [-0.15, -0.1) is 11.8 Å². The van der Waals surface area contributed by atoms with E-state index in [1.54, 1.807) is 11.8 Å². The number of ketones is 1. The van der Waals surface area contributed by atoms with Gasteiger partial charge in [-0.1, -0.05) is 36.4 Å². The lowest BCUT2D eigenvalue weighted by atomic mass is 9.93. The largest absolute Gasteiger partial charge is 0.341 e. The first kappa shape index (κ1) is 15.9. The summed E-state index contributed by atoms with van der Waals surface area (Å²) in [5.74, 6) is 1.13. The number of hydrogen-bond donors (Lipinski definition) is 1. The number of benzene rings is 1. The van der Waals surface area contributed by atoms with Crippen LogP contribution in [-0.4, -0.2) is 46.8 Å². The van der Waals surface area contributed by atoms with Gasteiger partial charge in [-0.3, -0.25) is 14.9 Å². The second-order valence-electron chi connectivity index (χ2n) is 6.71. The van der Waals surface area contributed by atoms with Crippen LogP contribution in [0.3, 0.4) is 0 Å². The Morgan fingerprint density at radius 2 is 2.00 bits per heavy atom. The average Bonchev–Trinajstić information content (AvgIpc) is 3.35. The molecule has 0 radical (unpaired) electrons. The molecule has 126 valence electrons. The van der Waals surface area contributed by atoms with Crippen molar-refractivity contribution < 1.29 is 9.59 Å². The number of likely N-dealkylation sites (tertiary alicyclic amines) is 1. The summed E-state index contributed by atoms with van der Waals surface area (Å²) in [5.41, 5.74) is 2.43. The minimum absolute atomic E-state index is 0.109. The average molecular weight is 342 g/mol. The van der Waals surface area contributed by atoms with E-state index in [1.165, 1.54) is 11.1 Å². The van der Waals surface area contributed by atoms with E-state index in [4.69, 9.17) is 0 Å². The number of carbonyl (C=O) groups is 2. The Labute approximate surface area is 146 Å². The quantitative estimate of drug-likeness (QED) is 0.913. The summed E-state index contributed by atoms with van der Waals surface area (Å²) in [6.07, 6.45) is 6.85. The molecule has 1 aromatic carbocycles. The molecule has 0 aromatic heterocycles. The molecule has 1 aromatic rings. The zero-order valence-corrected chi connectivity index (χ0v) is 14.4. The van der Waals surface area contributed by atoms with Crippen LogP contribution in [0, 0.1) is 0 Å². The second kappa shape index (κ2) is 6.73. The number of allylic oxidation sites excluding steroid dienone is 1. The molecule has 2 saturated heterocycles. The molecule has 2 aliphatic heterocycles. The Hall–Kier alpha value is -1.59. The molecule has 1 amide bonds.